The summed E-state index contributed by atoms with van der Waals surface area (Å²) in [5.74, 6) is -1.85. The molecule has 0 aliphatic heterocycles. The molecule has 0 bridgehead atoms. The summed E-state index contributed by atoms with van der Waals surface area (Å²) in [6, 6.07) is 7.34. The number of aliphatic hydroxyl groups is 1. The fraction of sp³-hybridized carbons (Fsp3) is 0.529. The molecule has 1 aromatic rings. The van der Waals surface area contributed by atoms with Gasteiger partial charge in [-0.3, -0.25) is 0 Å². The van der Waals surface area contributed by atoms with Gasteiger partial charge >= 0.3 is 11.9 Å². The Kier molecular flexibility index (Phi) is 9.65. The molecule has 0 radical (unpaired) electrons. The molecule has 0 saturated heterocycles. The molecule has 2 unspecified atom stereocenters. The van der Waals surface area contributed by atoms with Gasteiger partial charge in [0.15, 0.2) is 0 Å². The van der Waals surface area contributed by atoms with Gasteiger partial charge in [-0.05, 0) is 37.6 Å². The molecule has 152 valence electrons. The molecular weight excluding hydrogens is 401 g/mol. The average molecular weight is 424 g/mol. The Morgan fingerprint density at radius 3 is 2.07 bits per heavy atom. The molecule has 4 N–H and O–H groups in total. The molecule has 8 nitrogen and oxygen atoms in total. The Balaban J connectivity index is 0.000000527. The number of alkyl halides is 2. The maximum atomic E-state index is 9.83. The quantitative estimate of drug-likeness (QED) is 0.349. The zero-order valence-corrected chi connectivity index (χ0v) is 16.2. The largest absolute Gasteiger partial charge is 0.494 e. The number of carboxylic acid groups (broad SMARTS) is 2. The zero-order chi connectivity index (χ0) is 20.4. The van der Waals surface area contributed by atoms with Crippen molar-refractivity contribution in [2.45, 2.75) is 23.8 Å². The van der Waals surface area contributed by atoms with Crippen LogP contribution < -0.4 is 14.8 Å². The van der Waals surface area contributed by atoms with Crippen molar-refractivity contribution in [1.29, 1.82) is 0 Å². The van der Waals surface area contributed by atoms with Crippen LogP contribution in [0.15, 0.2) is 24.3 Å². The maximum absolute atomic E-state index is 9.83. The highest BCUT2D eigenvalue weighted by molar-refractivity contribution is 6.50. The van der Waals surface area contributed by atoms with Gasteiger partial charge in [0.1, 0.15) is 28.5 Å². The first-order chi connectivity index (χ1) is 12.7. The Morgan fingerprint density at radius 1 is 1.19 bits per heavy atom. The second-order valence-corrected chi connectivity index (χ2v) is 7.34. The number of nitrogens with one attached hydrogen (secondary N) is 1. The monoisotopic (exact) mass is 423 g/mol. The van der Waals surface area contributed by atoms with Gasteiger partial charge in [0.25, 0.3) is 0 Å². The topological polar surface area (TPSA) is 125 Å². The Morgan fingerprint density at radius 2 is 1.67 bits per heavy atom. The highest BCUT2D eigenvalue weighted by Crippen LogP contribution is 2.52. The molecule has 0 aromatic heterocycles. The van der Waals surface area contributed by atoms with E-state index in [0.29, 0.717) is 25.4 Å². The number of carboxylic acids is 2. The van der Waals surface area contributed by atoms with Gasteiger partial charge in [0.2, 0.25) is 0 Å². The third kappa shape index (κ3) is 9.67. The number of halogens is 2. The van der Waals surface area contributed by atoms with Crippen molar-refractivity contribution in [3.63, 3.8) is 0 Å². The molecule has 0 spiro atoms. The minimum Gasteiger partial charge on any atom is -0.494 e. The Bertz CT molecular complexity index is 598. The van der Waals surface area contributed by atoms with Crippen LogP contribution in [0.25, 0.3) is 0 Å². The van der Waals surface area contributed by atoms with E-state index in [1.165, 1.54) is 0 Å². The van der Waals surface area contributed by atoms with E-state index in [0.717, 1.165) is 12.2 Å². The summed E-state index contributed by atoms with van der Waals surface area (Å²) in [4.78, 5) is 18.2. The van der Waals surface area contributed by atoms with Crippen LogP contribution >= 0.6 is 23.2 Å². The molecule has 1 aliphatic carbocycles. The lowest BCUT2D eigenvalue weighted by molar-refractivity contribution is -0.159. The van der Waals surface area contributed by atoms with Crippen LogP contribution in [-0.4, -0.2) is 64.0 Å². The second-order valence-electron chi connectivity index (χ2n) is 5.80. The van der Waals surface area contributed by atoms with Gasteiger partial charge in [-0.2, -0.15) is 0 Å². The fourth-order valence-electron chi connectivity index (χ4n) is 1.97. The average Bonchev–Trinajstić information content (AvgIpc) is 3.21. The van der Waals surface area contributed by atoms with Gasteiger partial charge in [0.05, 0.1) is 6.61 Å². The number of ether oxygens (including phenoxy) is 2. The zero-order valence-electron chi connectivity index (χ0n) is 14.7. The number of hydrogen-bond acceptors (Lipinski definition) is 6. The van der Waals surface area contributed by atoms with Crippen LogP contribution in [-0.2, 0) is 9.59 Å². The SMILES string of the molecule is CCOc1ccc(OCC(O)CNCC2CC2(Cl)Cl)cc1.O=C(O)C(=O)O. The third-order valence-corrected chi connectivity index (χ3v) is 4.41. The fourth-order valence-corrected chi connectivity index (χ4v) is 2.49. The predicted molar refractivity (Wildman–Crippen MR) is 99.8 cm³/mol. The van der Waals surface area contributed by atoms with Crippen molar-refractivity contribution in [2.75, 3.05) is 26.3 Å². The van der Waals surface area contributed by atoms with Crippen molar-refractivity contribution in [3.05, 3.63) is 24.3 Å². The lowest BCUT2D eigenvalue weighted by Crippen LogP contribution is -2.33. The van der Waals surface area contributed by atoms with Gasteiger partial charge in [-0.25, -0.2) is 9.59 Å². The van der Waals surface area contributed by atoms with E-state index in [4.69, 9.17) is 52.5 Å². The maximum Gasteiger partial charge on any atom is 0.414 e. The van der Waals surface area contributed by atoms with E-state index in [9.17, 15) is 5.11 Å². The van der Waals surface area contributed by atoms with E-state index >= 15 is 0 Å². The number of rotatable bonds is 9. The predicted octanol–water partition coefficient (Wildman–Crippen LogP) is 1.76. The van der Waals surface area contributed by atoms with E-state index in [1.807, 2.05) is 31.2 Å². The summed E-state index contributed by atoms with van der Waals surface area (Å²) in [5.41, 5.74) is 0. The first-order valence-corrected chi connectivity index (χ1v) is 8.99. The number of aliphatic hydroxyl groups excluding tert-OH is 1. The number of benzene rings is 1. The molecule has 10 heteroatoms. The molecule has 2 rings (SSSR count). The molecule has 1 fully saturated rings. The summed E-state index contributed by atoms with van der Waals surface area (Å²) in [6.45, 7) is 3.98. The van der Waals surface area contributed by atoms with E-state index in [2.05, 4.69) is 5.32 Å². The highest BCUT2D eigenvalue weighted by atomic mass is 35.5. The van der Waals surface area contributed by atoms with E-state index in [1.54, 1.807) is 0 Å². The molecule has 1 aliphatic rings. The first-order valence-electron chi connectivity index (χ1n) is 8.24. The standard InChI is InChI=1S/C15H21Cl2NO3.C2H2O4/c1-2-20-13-3-5-14(6-4-13)21-10-12(19)9-18-8-11-7-15(11,16)17;3-1(4)2(5)6/h3-6,11-12,18-19H,2,7-10H2,1H3;(H,3,4)(H,5,6). The van der Waals surface area contributed by atoms with Gasteiger partial charge in [0, 0.05) is 19.0 Å². The van der Waals surface area contributed by atoms with Crippen molar-refractivity contribution in [2.24, 2.45) is 5.92 Å². The Labute approximate surface area is 167 Å². The molecule has 1 saturated carbocycles. The van der Waals surface area contributed by atoms with Crippen LogP contribution in [0.1, 0.15) is 13.3 Å². The van der Waals surface area contributed by atoms with Crippen LogP contribution in [0, 0.1) is 5.92 Å². The summed E-state index contributed by atoms with van der Waals surface area (Å²) in [6.07, 6.45) is 0.234. The lowest BCUT2D eigenvalue weighted by atomic mass is 10.3. The van der Waals surface area contributed by atoms with Crippen LogP contribution in [0.4, 0.5) is 0 Å². The van der Waals surface area contributed by atoms with Crippen molar-refractivity contribution >= 4 is 35.1 Å². The minimum absolute atomic E-state index is 0.235. The summed E-state index contributed by atoms with van der Waals surface area (Å²) in [5, 5.41) is 27.8. The summed E-state index contributed by atoms with van der Waals surface area (Å²) in [7, 11) is 0. The summed E-state index contributed by atoms with van der Waals surface area (Å²) >= 11 is 11.9. The van der Waals surface area contributed by atoms with Crippen molar-refractivity contribution < 1.29 is 34.4 Å². The third-order valence-electron chi connectivity index (χ3n) is 3.49. The van der Waals surface area contributed by atoms with Gasteiger partial charge in [-0.1, -0.05) is 0 Å². The number of carbonyl (C=O) groups is 2. The molecule has 0 amide bonds. The normalized spacial score (nSPS) is 17.9. The van der Waals surface area contributed by atoms with Crippen molar-refractivity contribution in [1.82, 2.24) is 5.32 Å². The number of hydrogen-bond donors (Lipinski definition) is 4. The van der Waals surface area contributed by atoms with Crippen LogP contribution in [0.2, 0.25) is 0 Å². The smallest absolute Gasteiger partial charge is 0.414 e. The Hall–Kier alpha value is -1.74. The van der Waals surface area contributed by atoms with Gasteiger partial charge in [-0.15, -0.1) is 23.2 Å². The molecule has 27 heavy (non-hydrogen) atoms. The van der Waals surface area contributed by atoms with Crippen LogP contribution in [0.5, 0.6) is 11.5 Å². The highest BCUT2D eigenvalue weighted by Gasteiger charge is 2.50. The molecular formula is C17H23Cl2NO7. The molecule has 1 aromatic carbocycles. The van der Waals surface area contributed by atoms with Crippen LogP contribution in [0.3, 0.4) is 0 Å². The van der Waals surface area contributed by atoms with Gasteiger partial charge < -0.3 is 30.1 Å². The molecule has 0 heterocycles. The summed E-state index contributed by atoms with van der Waals surface area (Å²) < 4.78 is 10.3. The lowest BCUT2D eigenvalue weighted by Gasteiger charge is -2.13. The first kappa shape index (κ1) is 23.3. The van der Waals surface area contributed by atoms with E-state index < -0.39 is 22.4 Å². The van der Waals surface area contributed by atoms with E-state index in [-0.39, 0.29) is 12.5 Å². The minimum atomic E-state index is -1.82. The van der Waals surface area contributed by atoms with Crippen molar-refractivity contribution in [3.8, 4) is 11.5 Å². The second kappa shape index (κ2) is 11.2. The molecule has 2 atom stereocenters. The number of aliphatic carboxylic acids is 2.